The number of hydrogen-bond acceptors (Lipinski definition) is 3. The third-order valence-corrected chi connectivity index (χ3v) is 4.42. The summed E-state index contributed by atoms with van der Waals surface area (Å²) in [7, 11) is 0. The lowest BCUT2D eigenvalue weighted by Gasteiger charge is -2.41. The molecule has 0 spiro atoms. The Morgan fingerprint density at radius 1 is 1.47 bits per heavy atom. The third-order valence-electron chi connectivity index (χ3n) is 3.99. The van der Waals surface area contributed by atoms with Crippen LogP contribution in [0.3, 0.4) is 0 Å². The first-order valence-electron chi connectivity index (χ1n) is 7.17. The highest BCUT2D eigenvalue weighted by Gasteiger charge is 2.28. The summed E-state index contributed by atoms with van der Waals surface area (Å²) in [6, 6.07) is 3.41. The lowest BCUT2D eigenvalue weighted by molar-refractivity contribution is 0.103. The maximum Gasteiger partial charge on any atom is 0.0410 e. The molecule has 1 N–H and O–H groups in total. The fourth-order valence-corrected chi connectivity index (χ4v) is 3.11. The van der Waals surface area contributed by atoms with E-state index in [2.05, 4.69) is 58.0 Å². The predicted octanol–water partition coefficient (Wildman–Crippen LogP) is 3.05. The van der Waals surface area contributed by atoms with Crippen molar-refractivity contribution in [3.8, 4) is 0 Å². The van der Waals surface area contributed by atoms with Crippen LogP contribution < -0.4 is 5.32 Å². The Morgan fingerprint density at radius 2 is 2.26 bits per heavy atom. The molecule has 1 aliphatic heterocycles. The van der Waals surface area contributed by atoms with Crippen LogP contribution in [0, 0.1) is 5.92 Å². The summed E-state index contributed by atoms with van der Waals surface area (Å²) in [4.78, 5) is 6.87. The zero-order chi connectivity index (χ0) is 13.8. The minimum atomic E-state index is 0.600. The maximum absolute atomic E-state index is 4.27. The summed E-state index contributed by atoms with van der Waals surface area (Å²) < 4.78 is 1.06. The third kappa shape index (κ3) is 4.01. The minimum Gasteiger partial charge on any atom is -0.311 e. The summed E-state index contributed by atoms with van der Waals surface area (Å²) in [5.74, 6) is 0.681. The van der Waals surface area contributed by atoms with Gasteiger partial charge in [-0.25, -0.2) is 0 Å². The summed E-state index contributed by atoms with van der Waals surface area (Å²) in [6.07, 6.45) is 5.01. The van der Waals surface area contributed by atoms with E-state index in [4.69, 9.17) is 0 Å². The van der Waals surface area contributed by atoms with Gasteiger partial charge in [0.05, 0.1) is 0 Å². The molecular formula is C15H24BrN3. The molecule has 106 valence electrons. The quantitative estimate of drug-likeness (QED) is 0.922. The van der Waals surface area contributed by atoms with Crippen LogP contribution >= 0.6 is 15.9 Å². The number of nitrogens with zero attached hydrogens (tertiary/aromatic N) is 2. The zero-order valence-electron chi connectivity index (χ0n) is 12.1. The average molecular weight is 326 g/mol. The number of piperazine rings is 1. The SMILES string of the molecule is CCC1CNC(C(C)C)CN1Cc1cncc(Br)c1. The van der Waals surface area contributed by atoms with Gasteiger partial charge in [-0.05, 0) is 39.9 Å². The van der Waals surface area contributed by atoms with Crippen molar-refractivity contribution in [2.45, 2.75) is 45.8 Å². The van der Waals surface area contributed by atoms with Gasteiger partial charge in [-0.1, -0.05) is 20.8 Å². The number of pyridine rings is 1. The standard InChI is InChI=1S/C15H24BrN3/c1-4-14-8-18-15(11(2)3)10-19(14)9-12-5-13(16)7-17-6-12/h5-7,11,14-15,18H,4,8-10H2,1-3H3. The largest absolute Gasteiger partial charge is 0.311 e. The Kier molecular flexibility index (Phi) is 5.37. The Bertz CT molecular complexity index is 408. The minimum absolute atomic E-state index is 0.600. The molecular weight excluding hydrogens is 302 g/mol. The molecule has 1 aromatic rings. The average Bonchev–Trinajstić information content (AvgIpc) is 2.38. The van der Waals surface area contributed by atoms with Gasteiger partial charge in [0.2, 0.25) is 0 Å². The van der Waals surface area contributed by atoms with Gasteiger partial charge in [-0.15, -0.1) is 0 Å². The maximum atomic E-state index is 4.27. The normalized spacial score (nSPS) is 24.9. The van der Waals surface area contributed by atoms with Crippen LogP contribution in [0.4, 0.5) is 0 Å². The molecule has 2 atom stereocenters. The molecule has 4 heteroatoms. The zero-order valence-corrected chi connectivity index (χ0v) is 13.7. The second-order valence-electron chi connectivity index (χ2n) is 5.76. The van der Waals surface area contributed by atoms with Crippen LogP contribution in [0.2, 0.25) is 0 Å². The van der Waals surface area contributed by atoms with Crippen LogP contribution in [0.15, 0.2) is 22.9 Å². The molecule has 19 heavy (non-hydrogen) atoms. The number of rotatable bonds is 4. The van der Waals surface area contributed by atoms with E-state index in [-0.39, 0.29) is 0 Å². The first-order chi connectivity index (χ1) is 9.10. The van der Waals surface area contributed by atoms with Gasteiger partial charge in [-0.3, -0.25) is 9.88 Å². The summed E-state index contributed by atoms with van der Waals surface area (Å²) in [5, 5.41) is 3.68. The molecule has 2 rings (SSSR count). The second kappa shape index (κ2) is 6.82. The van der Waals surface area contributed by atoms with Crippen LogP contribution in [0.25, 0.3) is 0 Å². The molecule has 1 aromatic heterocycles. The van der Waals surface area contributed by atoms with Gasteiger partial charge in [-0.2, -0.15) is 0 Å². The molecule has 0 aromatic carbocycles. The molecule has 1 fully saturated rings. The van der Waals surface area contributed by atoms with E-state index in [1.807, 2.05) is 12.4 Å². The van der Waals surface area contributed by atoms with Gasteiger partial charge < -0.3 is 5.32 Å². The molecule has 0 amide bonds. The summed E-state index contributed by atoms with van der Waals surface area (Å²) in [6.45, 7) is 10.1. The molecule has 2 heterocycles. The van der Waals surface area contributed by atoms with Gasteiger partial charge in [0, 0.05) is 48.6 Å². The van der Waals surface area contributed by atoms with Crippen LogP contribution in [-0.2, 0) is 6.54 Å². The van der Waals surface area contributed by atoms with Gasteiger partial charge >= 0.3 is 0 Å². The highest BCUT2D eigenvalue weighted by molar-refractivity contribution is 9.10. The lowest BCUT2D eigenvalue weighted by atomic mass is 9.98. The Hall–Kier alpha value is -0.450. The fourth-order valence-electron chi connectivity index (χ4n) is 2.70. The smallest absolute Gasteiger partial charge is 0.0410 e. The van der Waals surface area contributed by atoms with Crippen LogP contribution in [-0.4, -0.2) is 35.1 Å². The van der Waals surface area contributed by atoms with Crippen LogP contribution in [0.5, 0.6) is 0 Å². The number of halogens is 1. The van der Waals surface area contributed by atoms with Gasteiger partial charge in [0.1, 0.15) is 0 Å². The molecule has 3 nitrogen and oxygen atoms in total. The molecule has 0 saturated carbocycles. The Balaban J connectivity index is 2.06. The fraction of sp³-hybridized carbons (Fsp3) is 0.667. The lowest BCUT2D eigenvalue weighted by Crippen LogP contribution is -2.57. The summed E-state index contributed by atoms with van der Waals surface area (Å²) in [5.41, 5.74) is 1.29. The van der Waals surface area contributed by atoms with Crippen molar-refractivity contribution in [1.82, 2.24) is 15.2 Å². The number of hydrogen-bond donors (Lipinski definition) is 1. The van der Waals surface area contributed by atoms with Crippen molar-refractivity contribution < 1.29 is 0 Å². The first-order valence-corrected chi connectivity index (χ1v) is 7.96. The van der Waals surface area contributed by atoms with Crippen molar-refractivity contribution in [3.63, 3.8) is 0 Å². The Morgan fingerprint density at radius 3 is 2.89 bits per heavy atom. The van der Waals surface area contributed by atoms with Crippen molar-refractivity contribution in [2.75, 3.05) is 13.1 Å². The van der Waals surface area contributed by atoms with Crippen molar-refractivity contribution >= 4 is 15.9 Å². The van der Waals surface area contributed by atoms with E-state index < -0.39 is 0 Å². The van der Waals surface area contributed by atoms with Gasteiger partial charge in [0.15, 0.2) is 0 Å². The van der Waals surface area contributed by atoms with E-state index in [9.17, 15) is 0 Å². The highest BCUT2D eigenvalue weighted by atomic mass is 79.9. The second-order valence-corrected chi connectivity index (χ2v) is 6.68. The molecule has 1 saturated heterocycles. The van der Waals surface area contributed by atoms with E-state index in [0.29, 0.717) is 18.0 Å². The molecule has 0 aliphatic carbocycles. The number of aromatic nitrogens is 1. The van der Waals surface area contributed by atoms with Crippen molar-refractivity contribution in [3.05, 3.63) is 28.5 Å². The summed E-state index contributed by atoms with van der Waals surface area (Å²) >= 11 is 3.50. The number of nitrogens with one attached hydrogen (secondary N) is 1. The van der Waals surface area contributed by atoms with E-state index in [1.165, 1.54) is 12.0 Å². The topological polar surface area (TPSA) is 28.2 Å². The van der Waals surface area contributed by atoms with Crippen LogP contribution in [0.1, 0.15) is 32.8 Å². The Labute approximate surface area is 124 Å². The molecule has 0 radical (unpaired) electrons. The molecule has 2 unspecified atom stereocenters. The first kappa shape index (κ1) is 14.9. The van der Waals surface area contributed by atoms with Crippen molar-refractivity contribution in [2.24, 2.45) is 5.92 Å². The van der Waals surface area contributed by atoms with Crippen molar-refractivity contribution in [1.29, 1.82) is 0 Å². The van der Waals surface area contributed by atoms with E-state index in [0.717, 1.165) is 24.1 Å². The molecule has 0 bridgehead atoms. The van der Waals surface area contributed by atoms with E-state index in [1.54, 1.807) is 0 Å². The van der Waals surface area contributed by atoms with E-state index >= 15 is 0 Å². The van der Waals surface area contributed by atoms with Gasteiger partial charge in [0.25, 0.3) is 0 Å². The highest BCUT2D eigenvalue weighted by Crippen LogP contribution is 2.19. The predicted molar refractivity (Wildman–Crippen MR) is 83.1 cm³/mol. The molecule has 1 aliphatic rings. The monoisotopic (exact) mass is 325 g/mol.